The number of carbonyl (C=O) groups is 1. The van der Waals surface area contributed by atoms with E-state index < -0.39 is 12.1 Å². The third-order valence-corrected chi connectivity index (χ3v) is 5.52. The summed E-state index contributed by atoms with van der Waals surface area (Å²) in [6.45, 7) is 0. The summed E-state index contributed by atoms with van der Waals surface area (Å²) in [6.07, 6.45) is -0.792. The Balaban J connectivity index is 1.78. The lowest BCUT2D eigenvalue weighted by Crippen LogP contribution is -2.61. The maximum Gasteiger partial charge on any atom is 0.271 e. The lowest BCUT2D eigenvalue weighted by molar-refractivity contribution is -0.135. The Morgan fingerprint density at radius 3 is 1.97 bits per heavy atom. The van der Waals surface area contributed by atoms with Gasteiger partial charge in [0.2, 0.25) is 11.9 Å². The van der Waals surface area contributed by atoms with Crippen molar-refractivity contribution in [1.29, 1.82) is 0 Å². The third kappa shape index (κ3) is 3.95. The van der Waals surface area contributed by atoms with Crippen molar-refractivity contribution in [2.75, 3.05) is 33.3 Å². The zero-order chi connectivity index (χ0) is 23.5. The molecule has 1 aliphatic heterocycles. The molecule has 0 saturated carbocycles. The lowest BCUT2D eigenvalue weighted by Gasteiger charge is -2.46. The normalized spacial score (nSPS) is 17.2. The van der Waals surface area contributed by atoms with Crippen LogP contribution >= 0.6 is 0 Å². The number of benzene rings is 3. The highest BCUT2D eigenvalue weighted by atomic mass is 16.5. The van der Waals surface area contributed by atoms with Crippen LogP contribution in [0.15, 0.2) is 60.7 Å². The highest BCUT2D eigenvalue weighted by Crippen LogP contribution is 2.48. The van der Waals surface area contributed by atoms with Crippen LogP contribution in [0.4, 0.5) is 5.69 Å². The summed E-state index contributed by atoms with van der Waals surface area (Å²) in [7, 11) is 6.02. The Morgan fingerprint density at radius 2 is 1.42 bits per heavy atom. The molecule has 8 nitrogen and oxygen atoms in total. The molecule has 0 spiro atoms. The van der Waals surface area contributed by atoms with Crippen LogP contribution in [0.25, 0.3) is 0 Å². The fourth-order valence-electron chi connectivity index (χ4n) is 3.93. The van der Waals surface area contributed by atoms with E-state index in [0.29, 0.717) is 40.0 Å². The van der Waals surface area contributed by atoms with Crippen LogP contribution < -0.4 is 28.6 Å². The van der Waals surface area contributed by atoms with Crippen molar-refractivity contribution in [2.45, 2.75) is 12.1 Å². The van der Waals surface area contributed by atoms with Crippen LogP contribution in [0.2, 0.25) is 0 Å². The Bertz CT molecular complexity index is 1120. The molecule has 0 aliphatic carbocycles. The molecule has 0 radical (unpaired) electrons. The number of β-lactam (4-membered cyclic amide) rings is 1. The van der Waals surface area contributed by atoms with Gasteiger partial charge in [0.25, 0.3) is 5.91 Å². The first-order chi connectivity index (χ1) is 16.0. The smallest absolute Gasteiger partial charge is 0.271 e. The second kappa shape index (κ2) is 9.20. The molecule has 0 aromatic heterocycles. The molecular formula is C25H25NO7. The number of carbonyl (C=O) groups excluding carboxylic acids is 1. The zero-order valence-corrected chi connectivity index (χ0v) is 18.8. The van der Waals surface area contributed by atoms with Crippen LogP contribution in [-0.4, -0.2) is 45.6 Å². The number of aromatic hydroxyl groups is 1. The first kappa shape index (κ1) is 22.1. The number of rotatable bonds is 8. The van der Waals surface area contributed by atoms with Gasteiger partial charge in [0.05, 0.1) is 34.1 Å². The van der Waals surface area contributed by atoms with Crippen molar-refractivity contribution in [1.82, 2.24) is 0 Å². The monoisotopic (exact) mass is 451 g/mol. The Hall–Kier alpha value is -4.07. The minimum absolute atomic E-state index is 0.0300. The molecule has 2 atom stereocenters. The van der Waals surface area contributed by atoms with Gasteiger partial charge in [-0.3, -0.25) is 9.69 Å². The number of phenols is 1. The minimum Gasteiger partial charge on any atom is -0.504 e. The van der Waals surface area contributed by atoms with Gasteiger partial charge in [-0.2, -0.15) is 0 Å². The first-order valence-corrected chi connectivity index (χ1v) is 10.2. The van der Waals surface area contributed by atoms with E-state index in [1.165, 1.54) is 28.4 Å². The Morgan fingerprint density at radius 1 is 0.788 bits per heavy atom. The van der Waals surface area contributed by atoms with E-state index in [9.17, 15) is 9.90 Å². The molecular weight excluding hydrogens is 426 g/mol. The maximum absolute atomic E-state index is 13.3. The number of amides is 1. The Kier molecular flexibility index (Phi) is 6.17. The predicted molar refractivity (Wildman–Crippen MR) is 122 cm³/mol. The number of hydrogen-bond donors (Lipinski definition) is 1. The molecule has 1 N–H and O–H groups in total. The second-order valence-electron chi connectivity index (χ2n) is 7.32. The van der Waals surface area contributed by atoms with Crippen LogP contribution in [0.1, 0.15) is 11.6 Å². The molecule has 0 bridgehead atoms. The molecule has 1 heterocycles. The van der Waals surface area contributed by atoms with Crippen molar-refractivity contribution >= 4 is 11.6 Å². The van der Waals surface area contributed by atoms with Gasteiger partial charge in [-0.15, -0.1) is 0 Å². The summed E-state index contributed by atoms with van der Waals surface area (Å²) in [6, 6.07) is 17.0. The molecule has 8 heteroatoms. The summed E-state index contributed by atoms with van der Waals surface area (Å²) in [5.41, 5.74) is 1.23. The van der Waals surface area contributed by atoms with Crippen LogP contribution in [0.3, 0.4) is 0 Å². The largest absolute Gasteiger partial charge is 0.504 e. The highest BCUT2D eigenvalue weighted by molar-refractivity contribution is 6.05. The van der Waals surface area contributed by atoms with Crippen LogP contribution in [0.5, 0.6) is 34.5 Å². The molecule has 1 amide bonds. The van der Waals surface area contributed by atoms with Crippen molar-refractivity contribution in [3.05, 3.63) is 66.2 Å². The second-order valence-corrected chi connectivity index (χ2v) is 7.32. The van der Waals surface area contributed by atoms with Gasteiger partial charge < -0.3 is 28.8 Å². The number of ether oxygens (including phenoxy) is 5. The topological polar surface area (TPSA) is 86.7 Å². The van der Waals surface area contributed by atoms with Crippen LogP contribution in [-0.2, 0) is 4.79 Å². The van der Waals surface area contributed by atoms with Crippen LogP contribution in [0, 0.1) is 0 Å². The maximum atomic E-state index is 13.3. The zero-order valence-electron chi connectivity index (χ0n) is 18.8. The predicted octanol–water partition coefficient (Wildman–Crippen LogP) is 3.96. The van der Waals surface area contributed by atoms with E-state index in [2.05, 4.69) is 0 Å². The summed E-state index contributed by atoms with van der Waals surface area (Å²) in [5, 5.41) is 10.4. The Labute approximate surface area is 191 Å². The van der Waals surface area contributed by atoms with E-state index in [1.54, 1.807) is 47.4 Å². The van der Waals surface area contributed by atoms with E-state index in [0.717, 1.165) is 0 Å². The van der Waals surface area contributed by atoms with Gasteiger partial charge >= 0.3 is 0 Å². The van der Waals surface area contributed by atoms with Gasteiger partial charge in [0.1, 0.15) is 11.8 Å². The van der Waals surface area contributed by atoms with Gasteiger partial charge in [-0.25, -0.2) is 0 Å². The van der Waals surface area contributed by atoms with E-state index in [1.807, 2.05) is 18.2 Å². The van der Waals surface area contributed by atoms with Crippen molar-refractivity contribution < 1.29 is 33.6 Å². The molecule has 172 valence electrons. The van der Waals surface area contributed by atoms with Crippen molar-refractivity contribution in [2.24, 2.45) is 0 Å². The molecule has 0 unspecified atom stereocenters. The molecule has 3 aromatic carbocycles. The molecule has 1 fully saturated rings. The number of phenolic OH excluding ortho intramolecular Hbond substituents is 1. The standard InChI is InChI=1S/C25H25NO7/c1-29-19-11-10-15(12-18(19)27)22-24(33-17-8-6-5-7-9-17)25(28)26(22)16-13-20(30-2)23(32-4)21(14-16)31-3/h5-14,22,24,27H,1-4H3/t22-,24+/m1/s1. The fourth-order valence-corrected chi connectivity index (χ4v) is 3.93. The molecule has 3 aromatic rings. The first-order valence-electron chi connectivity index (χ1n) is 10.2. The average Bonchev–Trinajstić information content (AvgIpc) is 2.85. The quantitative estimate of drug-likeness (QED) is 0.519. The summed E-state index contributed by atoms with van der Waals surface area (Å²) < 4.78 is 27.5. The SMILES string of the molecule is COc1ccc([C@@H]2[C@H](Oc3ccccc3)C(=O)N2c2cc(OC)c(OC)c(OC)c2)cc1O. The summed E-state index contributed by atoms with van der Waals surface area (Å²) in [5.74, 6) is 1.90. The number of nitrogens with zero attached hydrogens (tertiary/aromatic N) is 1. The molecule has 33 heavy (non-hydrogen) atoms. The third-order valence-electron chi connectivity index (χ3n) is 5.52. The summed E-state index contributed by atoms with van der Waals surface area (Å²) in [4.78, 5) is 14.9. The van der Waals surface area contributed by atoms with Gasteiger partial charge in [-0.1, -0.05) is 24.3 Å². The van der Waals surface area contributed by atoms with E-state index in [-0.39, 0.29) is 11.7 Å². The average molecular weight is 451 g/mol. The molecule has 1 saturated heterocycles. The van der Waals surface area contributed by atoms with Gasteiger partial charge in [0.15, 0.2) is 23.0 Å². The van der Waals surface area contributed by atoms with Crippen molar-refractivity contribution in [3.63, 3.8) is 0 Å². The van der Waals surface area contributed by atoms with Gasteiger partial charge in [0, 0.05) is 12.1 Å². The van der Waals surface area contributed by atoms with Crippen molar-refractivity contribution in [3.8, 4) is 34.5 Å². The summed E-state index contributed by atoms with van der Waals surface area (Å²) >= 11 is 0. The lowest BCUT2D eigenvalue weighted by atomic mass is 9.89. The number of hydrogen-bond acceptors (Lipinski definition) is 7. The highest BCUT2D eigenvalue weighted by Gasteiger charge is 2.51. The minimum atomic E-state index is -0.792. The molecule has 4 rings (SSSR count). The van der Waals surface area contributed by atoms with E-state index in [4.69, 9.17) is 23.7 Å². The number of methoxy groups -OCH3 is 4. The van der Waals surface area contributed by atoms with Gasteiger partial charge in [-0.05, 0) is 29.8 Å². The molecule has 1 aliphatic rings. The van der Waals surface area contributed by atoms with E-state index >= 15 is 0 Å². The number of anilines is 1. The number of para-hydroxylation sites is 1. The fraction of sp³-hybridized carbons (Fsp3) is 0.240.